The predicted molar refractivity (Wildman–Crippen MR) is 74.7 cm³/mol. The van der Waals surface area contributed by atoms with Gasteiger partial charge in [0, 0.05) is 39.6 Å². The molecular weight excluding hydrogens is 240 g/mol. The molecule has 19 heavy (non-hydrogen) atoms. The average Bonchev–Trinajstić information content (AvgIpc) is 2.65. The number of β-amino-alcohol motifs (C(OH)–C–C–N with tert-alkyl or cyclic N) is 1. The highest BCUT2D eigenvalue weighted by Gasteiger charge is 2.19. The Hall–Kier alpha value is -1.39. The molecule has 0 radical (unpaired) electrons. The van der Waals surface area contributed by atoms with Gasteiger partial charge in [0.05, 0.1) is 6.10 Å². The maximum Gasteiger partial charge on any atom is 0.219 e. The van der Waals surface area contributed by atoms with Crippen LogP contribution in [0, 0.1) is 0 Å². The van der Waals surface area contributed by atoms with Crippen molar-refractivity contribution < 1.29 is 9.90 Å². The van der Waals surface area contributed by atoms with E-state index in [0.29, 0.717) is 6.54 Å². The Morgan fingerprint density at radius 2 is 1.95 bits per heavy atom. The van der Waals surface area contributed by atoms with Crippen LogP contribution in [0.1, 0.15) is 25.0 Å². The van der Waals surface area contributed by atoms with Gasteiger partial charge in [-0.1, -0.05) is 30.3 Å². The zero-order valence-electron chi connectivity index (χ0n) is 11.5. The van der Waals surface area contributed by atoms with E-state index in [-0.39, 0.29) is 5.91 Å². The Morgan fingerprint density at radius 1 is 1.21 bits per heavy atom. The molecule has 4 nitrogen and oxygen atoms in total. The number of nitrogens with zero attached hydrogens (tertiary/aromatic N) is 2. The second kappa shape index (κ2) is 6.68. The summed E-state index contributed by atoms with van der Waals surface area (Å²) in [5, 5.41) is 10.2. The van der Waals surface area contributed by atoms with Crippen LogP contribution in [0.4, 0.5) is 0 Å². The highest BCUT2D eigenvalue weighted by atomic mass is 16.3. The maximum absolute atomic E-state index is 11.4. The summed E-state index contributed by atoms with van der Waals surface area (Å²) in [5.74, 6) is 0.144. The molecule has 2 rings (SSSR count). The highest BCUT2D eigenvalue weighted by molar-refractivity contribution is 5.73. The third-order valence-corrected chi connectivity index (χ3v) is 3.65. The third-order valence-electron chi connectivity index (χ3n) is 3.65. The number of amides is 1. The number of hydrogen-bond donors (Lipinski definition) is 1. The summed E-state index contributed by atoms with van der Waals surface area (Å²) in [7, 11) is 0. The lowest BCUT2D eigenvalue weighted by molar-refractivity contribution is -0.128. The lowest BCUT2D eigenvalue weighted by atomic mass is 10.1. The van der Waals surface area contributed by atoms with E-state index in [9.17, 15) is 9.90 Å². The fourth-order valence-electron chi connectivity index (χ4n) is 2.49. The first-order valence-corrected chi connectivity index (χ1v) is 6.87. The molecule has 1 aromatic carbocycles. The molecule has 104 valence electrons. The quantitative estimate of drug-likeness (QED) is 0.892. The van der Waals surface area contributed by atoms with Crippen molar-refractivity contribution in [1.29, 1.82) is 0 Å². The third kappa shape index (κ3) is 4.04. The minimum absolute atomic E-state index is 0.144. The molecule has 0 unspecified atom stereocenters. The standard InChI is InChI=1S/C15H22N2O2/c1-13(18)17-9-5-8-16(10-11-17)12-15(19)14-6-3-2-4-7-14/h2-4,6-7,15,19H,5,8-12H2,1H3/t15-/m0/s1. The van der Waals surface area contributed by atoms with Crippen LogP contribution in [-0.4, -0.2) is 53.5 Å². The number of benzene rings is 1. The largest absolute Gasteiger partial charge is 0.387 e. The van der Waals surface area contributed by atoms with Gasteiger partial charge in [-0.25, -0.2) is 0 Å². The highest BCUT2D eigenvalue weighted by Crippen LogP contribution is 2.15. The van der Waals surface area contributed by atoms with Gasteiger partial charge in [0.15, 0.2) is 0 Å². The van der Waals surface area contributed by atoms with E-state index < -0.39 is 6.10 Å². The van der Waals surface area contributed by atoms with Gasteiger partial charge < -0.3 is 10.0 Å². The Labute approximate surface area is 114 Å². The zero-order chi connectivity index (χ0) is 13.7. The zero-order valence-corrected chi connectivity index (χ0v) is 11.5. The van der Waals surface area contributed by atoms with E-state index in [1.54, 1.807) is 6.92 Å². The molecule has 1 saturated heterocycles. The summed E-state index contributed by atoms with van der Waals surface area (Å²) in [5.41, 5.74) is 0.954. The molecule has 1 fully saturated rings. The number of aliphatic hydroxyl groups excluding tert-OH is 1. The van der Waals surface area contributed by atoms with Gasteiger partial charge in [-0.05, 0) is 12.0 Å². The first-order valence-electron chi connectivity index (χ1n) is 6.87. The number of hydrogen-bond acceptors (Lipinski definition) is 3. The van der Waals surface area contributed by atoms with Gasteiger partial charge in [-0.2, -0.15) is 0 Å². The van der Waals surface area contributed by atoms with E-state index >= 15 is 0 Å². The lowest BCUT2D eigenvalue weighted by Crippen LogP contribution is -2.35. The summed E-state index contributed by atoms with van der Waals surface area (Å²) >= 11 is 0. The second-order valence-electron chi connectivity index (χ2n) is 5.09. The fraction of sp³-hybridized carbons (Fsp3) is 0.533. The molecule has 1 aliphatic rings. The fourth-order valence-corrected chi connectivity index (χ4v) is 2.49. The van der Waals surface area contributed by atoms with E-state index in [0.717, 1.165) is 38.2 Å². The molecule has 1 aromatic rings. The van der Waals surface area contributed by atoms with Gasteiger partial charge in [-0.3, -0.25) is 9.69 Å². The summed E-state index contributed by atoms with van der Waals surface area (Å²) < 4.78 is 0. The van der Waals surface area contributed by atoms with E-state index in [4.69, 9.17) is 0 Å². The molecule has 1 amide bonds. The number of rotatable bonds is 3. The molecule has 4 heteroatoms. The Balaban J connectivity index is 1.88. The van der Waals surface area contributed by atoms with Crippen LogP contribution in [0.25, 0.3) is 0 Å². The number of aliphatic hydroxyl groups is 1. The minimum Gasteiger partial charge on any atom is -0.387 e. The van der Waals surface area contributed by atoms with Crippen LogP contribution in [-0.2, 0) is 4.79 Å². The van der Waals surface area contributed by atoms with Crippen molar-refractivity contribution in [3.8, 4) is 0 Å². The molecule has 0 aliphatic carbocycles. The topological polar surface area (TPSA) is 43.8 Å². The molecule has 1 heterocycles. The molecule has 0 spiro atoms. The van der Waals surface area contributed by atoms with Gasteiger partial charge in [0.2, 0.25) is 5.91 Å². The van der Waals surface area contributed by atoms with Gasteiger partial charge in [-0.15, -0.1) is 0 Å². The van der Waals surface area contributed by atoms with Crippen LogP contribution < -0.4 is 0 Å². The molecule has 1 atom stereocenters. The average molecular weight is 262 g/mol. The van der Waals surface area contributed by atoms with Crippen molar-refractivity contribution in [3.63, 3.8) is 0 Å². The van der Waals surface area contributed by atoms with Crippen LogP contribution >= 0.6 is 0 Å². The Morgan fingerprint density at radius 3 is 2.63 bits per heavy atom. The first kappa shape index (κ1) is 14.0. The summed E-state index contributed by atoms with van der Waals surface area (Å²) in [6, 6.07) is 9.73. The maximum atomic E-state index is 11.4. The molecule has 1 aliphatic heterocycles. The van der Waals surface area contributed by atoms with Crippen molar-refractivity contribution in [2.24, 2.45) is 0 Å². The SMILES string of the molecule is CC(=O)N1CCCN(C[C@H](O)c2ccccc2)CC1. The number of carbonyl (C=O) groups excluding carboxylic acids is 1. The summed E-state index contributed by atoms with van der Waals surface area (Å²) in [6.07, 6.45) is 0.520. The summed E-state index contributed by atoms with van der Waals surface area (Å²) in [4.78, 5) is 15.5. The second-order valence-corrected chi connectivity index (χ2v) is 5.09. The van der Waals surface area contributed by atoms with Crippen LogP contribution in [0.15, 0.2) is 30.3 Å². The van der Waals surface area contributed by atoms with Crippen molar-refractivity contribution in [2.75, 3.05) is 32.7 Å². The Kier molecular flexibility index (Phi) is 4.93. The monoisotopic (exact) mass is 262 g/mol. The summed E-state index contributed by atoms with van der Waals surface area (Å²) in [6.45, 7) is 5.62. The molecule has 0 aromatic heterocycles. The van der Waals surface area contributed by atoms with Gasteiger partial charge >= 0.3 is 0 Å². The van der Waals surface area contributed by atoms with Crippen LogP contribution in [0.2, 0.25) is 0 Å². The van der Waals surface area contributed by atoms with Crippen LogP contribution in [0.5, 0.6) is 0 Å². The Bertz CT molecular complexity index is 408. The first-order chi connectivity index (χ1) is 9.16. The normalized spacial score (nSPS) is 18.9. The van der Waals surface area contributed by atoms with E-state index in [1.807, 2.05) is 35.2 Å². The van der Waals surface area contributed by atoms with Crippen molar-refractivity contribution in [3.05, 3.63) is 35.9 Å². The van der Waals surface area contributed by atoms with Crippen molar-refractivity contribution in [1.82, 2.24) is 9.80 Å². The number of carbonyl (C=O) groups is 1. The van der Waals surface area contributed by atoms with E-state index in [1.165, 1.54) is 0 Å². The molecule has 0 saturated carbocycles. The van der Waals surface area contributed by atoms with Gasteiger partial charge in [0.1, 0.15) is 0 Å². The van der Waals surface area contributed by atoms with Gasteiger partial charge in [0.25, 0.3) is 0 Å². The van der Waals surface area contributed by atoms with Crippen molar-refractivity contribution >= 4 is 5.91 Å². The smallest absolute Gasteiger partial charge is 0.219 e. The molecular formula is C15H22N2O2. The molecule has 0 bridgehead atoms. The minimum atomic E-state index is -0.454. The van der Waals surface area contributed by atoms with Crippen molar-refractivity contribution in [2.45, 2.75) is 19.4 Å². The lowest BCUT2D eigenvalue weighted by Gasteiger charge is -2.23. The van der Waals surface area contributed by atoms with Crippen LogP contribution in [0.3, 0.4) is 0 Å². The molecule has 1 N–H and O–H groups in total. The predicted octanol–water partition coefficient (Wildman–Crippen LogP) is 1.27. The van der Waals surface area contributed by atoms with E-state index in [2.05, 4.69) is 4.90 Å².